The smallest absolute Gasteiger partial charge is 0.227 e. The third-order valence-corrected chi connectivity index (χ3v) is 6.55. The van der Waals surface area contributed by atoms with E-state index in [1.165, 1.54) is 4.31 Å². The van der Waals surface area contributed by atoms with Crippen LogP contribution in [0.25, 0.3) is 0 Å². The lowest BCUT2D eigenvalue weighted by atomic mass is 10.1. The molecule has 0 aliphatic carbocycles. The minimum Gasteiger partial charge on any atom is -0.340 e. The molecule has 0 spiro atoms. The van der Waals surface area contributed by atoms with E-state index in [1.807, 2.05) is 42.5 Å². The molecule has 1 fully saturated rings. The minimum absolute atomic E-state index is 0.00688. The van der Waals surface area contributed by atoms with Gasteiger partial charge in [-0.3, -0.25) is 4.79 Å². The molecule has 0 saturated carbocycles. The highest BCUT2D eigenvalue weighted by Crippen LogP contribution is 2.15. The average molecular weight is 393 g/mol. The number of sulfonamides is 1. The van der Waals surface area contributed by atoms with E-state index in [0.717, 1.165) is 11.1 Å². The quantitative estimate of drug-likeness (QED) is 0.785. The fraction of sp³-hybridized carbons (Fsp3) is 0.316. The summed E-state index contributed by atoms with van der Waals surface area (Å²) in [4.78, 5) is 14.2. The molecule has 1 heterocycles. The fourth-order valence-corrected chi connectivity index (χ4v) is 4.62. The first-order valence-corrected chi connectivity index (χ1v) is 10.5. The van der Waals surface area contributed by atoms with Gasteiger partial charge in [0.05, 0.1) is 12.2 Å². The Kier molecular flexibility index (Phi) is 5.96. The summed E-state index contributed by atoms with van der Waals surface area (Å²) in [6, 6.07) is 16.3. The zero-order valence-corrected chi connectivity index (χ0v) is 15.9. The largest absolute Gasteiger partial charge is 0.340 e. The van der Waals surface area contributed by atoms with Crippen LogP contribution in [-0.4, -0.2) is 49.7 Å². The molecule has 1 saturated heterocycles. The van der Waals surface area contributed by atoms with Gasteiger partial charge >= 0.3 is 0 Å². The van der Waals surface area contributed by atoms with Crippen LogP contribution in [0.2, 0.25) is 5.02 Å². The molecular formula is C19H21ClN2O3S. The molecule has 0 radical (unpaired) electrons. The monoisotopic (exact) mass is 392 g/mol. The second-order valence-corrected chi connectivity index (χ2v) is 8.73. The van der Waals surface area contributed by atoms with Crippen LogP contribution in [-0.2, 0) is 27.0 Å². The first kappa shape index (κ1) is 18.9. The number of hydrogen-bond acceptors (Lipinski definition) is 3. The van der Waals surface area contributed by atoms with Crippen LogP contribution in [0.1, 0.15) is 11.1 Å². The van der Waals surface area contributed by atoms with Gasteiger partial charge in [-0.1, -0.05) is 54.1 Å². The molecule has 1 amide bonds. The third-order valence-electron chi connectivity index (χ3n) is 4.45. The van der Waals surface area contributed by atoms with Gasteiger partial charge in [-0.25, -0.2) is 8.42 Å². The number of hydrogen-bond donors (Lipinski definition) is 0. The maximum absolute atomic E-state index is 12.6. The highest BCUT2D eigenvalue weighted by molar-refractivity contribution is 7.88. The highest BCUT2D eigenvalue weighted by Gasteiger charge is 2.28. The van der Waals surface area contributed by atoms with Crippen molar-refractivity contribution in [3.63, 3.8) is 0 Å². The third kappa shape index (κ3) is 4.84. The standard InChI is InChI=1S/C19H21ClN2O3S/c20-18-8-6-16(7-9-18)14-19(23)21-10-12-22(13-11-21)26(24,25)15-17-4-2-1-3-5-17/h1-9H,10-15H2. The number of benzene rings is 2. The molecule has 0 aromatic heterocycles. The Labute approximate surface area is 159 Å². The van der Waals surface area contributed by atoms with E-state index >= 15 is 0 Å². The maximum Gasteiger partial charge on any atom is 0.227 e. The molecule has 0 N–H and O–H groups in total. The summed E-state index contributed by atoms with van der Waals surface area (Å²) >= 11 is 5.86. The van der Waals surface area contributed by atoms with Crippen LogP contribution in [0, 0.1) is 0 Å². The van der Waals surface area contributed by atoms with Crippen LogP contribution in [0.4, 0.5) is 0 Å². The molecule has 0 atom stereocenters. The zero-order chi connectivity index (χ0) is 18.6. The SMILES string of the molecule is O=C(Cc1ccc(Cl)cc1)N1CCN(S(=O)(=O)Cc2ccccc2)CC1. The Morgan fingerprint density at radius 3 is 2.12 bits per heavy atom. The molecule has 2 aromatic rings. The molecule has 2 aromatic carbocycles. The Bertz CT molecular complexity index is 846. The Balaban J connectivity index is 1.54. The first-order chi connectivity index (χ1) is 12.4. The molecule has 0 unspecified atom stereocenters. The maximum atomic E-state index is 12.6. The number of carbonyl (C=O) groups excluding carboxylic acids is 1. The lowest BCUT2D eigenvalue weighted by molar-refractivity contribution is -0.131. The highest BCUT2D eigenvalue weighted by atomic mass is 35.5. The van der Waals surface area contributed by atoms with Crippen molar-refractivity contribution in [1.82, 2.24) is 9.21 Å². The van der Waals surface area contributed by atoms with Crippen molar-refractivity contribution in [3.05, 3.63) is 70.7 Å². The van der Waals surface area contributed by atoms with Crippen molar-refractivity contribution in [3.8, 4) is 0 Å². The predicted octanol–water partition coefficient (Wildman–Crippen LogP) is 2.56. The van der Waals surface area contributed by atoms with E-state index in [0.29, 0.717) is 37.6 Å². The van der Waals surface area contributed by atoms with Crippen LogP contribution >= 0.6 is 11.6 Å². The van der Waals surface area contributed by atoms with Gasteiger partial charge in [0.1, 0.15) is 0 Å². The minimum atomic E-state index is -3.37. The predicted molar refractivity (Wildman–Crippen MR) is 102 cm³/mol. The molecule has 5 nitrogen and oxygen atoms in total. The molecule has 3 rings (SSSR count). The Morgan fingerprint density at radius 1 is 0.885 bits per heavy atom. The number of nitrogens with zero attached hydrogens (tertiary/aromatic N) is 2. The molecule has 1 aliphatic heterocycles. The number of carbonyl (C=O) groups is 1. The average Bonchev–Trinajstić information content (AvgIpc) is 2.64. The van der Waals surface area contributed by atoms with Crippen molar-refractivity contribution < 1.29 is 13.2 Å². The zero-order valence-electron chi connectivity index (χ0n) is 14.3. The fourth-order valence-electron chi connectivity index (χ4n) is 2.98. The number of halogens is 1. The number of piperazine rings is 1. The Hall–Kier alpha value is -1.89. The summed E-state index contributed by atoms with van der Waals surface area (Å²) in [6.07, 6.45) is 0.300. The van der Waals surface area contributed by atoms with Gasteiger partial charge < -0.3 is 4.90 Å². The van der Waals surface area contributed by atoms with Crippen molar-refractivity contribution >= 4 is 27.5 Å². The summed E-state index contributed by atoms with van der Waals surface area (Å²) < 4.78 is 26.6. The number of amides is 1. The van der Waals surface area contributed by atoms with Gasteiger partial charge in [-0.05, 0) is 23.3 Å². The van der Waals surface area contributed by atoms with Crippen LogP contribution in [0.5, 0.6) is 0 Å². The van der Waals surface area contributed by atoms with Gasteiger partial charge in [0.25, 0.3) is 0 Å². The van der Waals surface area contributed by atoms with Crippen LogP contribution in [0.3, 0.4) is 0 Å². The summed E-state index contributed by atoms with van der Waals surface area (Å²) in [6.45, 7) is 1.50. The van der Waals surface area contributed by atoms with Crippen molar-refractivity contribution in [2.24, 2.45) is 0 Å². The van der Waals surface area contributed by atoms with Gasteiger partial charge in [0, 0.05) is 31.2 Å². The van der Waals surface area contributed by atoms with Crippen molar-refractivity contribution in [2.75, 3.05) is 26.2 Å². The van der Waals surface area contributed by atoms with Gasteiger partial charge in [-0.2, -0.15) is 4.31 Å². The van der Waals surface area contributed by atoms with E-state index in [1.54, 1.807) is 17.0 Å². The van der Waals surface area contributed by atoms with Gasteiger partial charge in [0.2, 0.25) is 15.9 Å². The van der Waals surface area contributed by atoms with Crippen molar-refractivity contribution in [2.45, 2.75) is 12.2 Å². The normalized spacial score (nSPS) is 15.8. The Morgan fingerprint density at radius 2 is 1.50 bits per heavy atom. The van der Waals surface area contributed by atoms with E-state index < -0.39 is 10.0 Å². The van der Waals surface area contributed by atoms with E-state index in [-0.39, 0.29) is 11.7 Å². The van der Waals surface area contributed by atoms with Gasteiger partial charge in [0.15, 0.2) is 0 Å². The van der Waals surface area contributed by atoms with E-state index in [2.05, 4.69) is 0 Å². The molecule has 26 heavy (non-hydrogen) atoms. The molecule has 1 aliphatic rings. The lowest BCUT2D eigenvalue weighted by Crippen LogP contribution is -2.51. The molecular weight excluding hydrogens is 372 g/mol. The molecule has 138 valence electrons. The first-order valence-electron chi connectivity index (χ1n) is 8.48. The molecule has 7 heteroatoms. The summed E-state index contributed by atoms with van der Waals surface area (Å²) in [7, 11) is -3.37. The number of rotatable bonds is 5. The van der Waals surface area contributed by atoms with E-state index in [9.17, 15) is 13.2 Å². The van der Waals surface area contributed by atoms with Crippen molar-refractivity contribution in [1.29, 1.82) is 0 Å². The van der Waals surface area contributed by atoms with Gasteiger partial charge in [-0.15, -0.1) is 0 Å². The van der Waals surface area contributed by atoms with E-state index in [4.69, 9.17) is 11.6 Å². The summed E-state index contributed by atoms with van der Waals surface area (Å²) in [5.41, 5.74) is 1.67. The van der Waals surface area contributed by atoms with Crippen LogP contribution in [0.15, 0.2) is 54.6 Å². The second-order valence-electron chi connectivity index (χ2n) is 6.32. The van der Waals surface area contributed by atoms with Crippen LogP contribution < -0.4 is 0 Å². The molecule has 0 bridgehead atoms. The lowest BCUT2D eigenvalue weighted by Gasteiger charge is -2.34. The second kappa shape index (κ2) is 8.20. The summed E-state index contributed by atoms with van der Waals surface area (Å²) in [5.74, 6) is -0.000500. The topological polar surface area (TPSA) is 57.7 Å². The summed E-state index contributed by atoms with van der Waals surface area (Å²) in [5, 5.41) is 0.637.